The number of ether oxygens (including phenoxy) is 2. The SMILES string of the molecule is CCOC(=O)C(F)[C@@H](N)c1ccc2c(c1)CCO2.Cl. The number of nitrogens with two attached hydrogens (primary N) is 1. The largest absolute Gasteiger partial charge is 0.493 e. The predicted octanol–water partition coefficient (Wildman–Crippen LogP) is 1.94. The van der Waals surface area contributed by atoms with Gasteiger partial charge in [0, 0.05) is 6.42 Å². The van der Waals surface area contributed by atoms with Crippen molar-refractivity contribution in [3.63, 3.8) is 0 Å². The maximum atomic E-state index is 13.8. The molecule has 1 aliphatic heterocycles. The topological polar surface area (TPSA) is 61.5 Å². The van der Waals surface area contributed by atoms with Gasteiger partial charge in [-0.25, -0.2) is 9.18 Å². The first-order chi connectivity index (χ1) is 8.63. The molecule has 0 aliphatic carbocycles. The lowest BCUT2D eigenvalue weighted by atomic mass is 10.00. The molecule has 0 saturated heterocycles. The molecule has 19 heavy (non-hydrogen) atoms. The van der Waals surface area contributed by atoms with Gasteiger partial charge in [-0.2, -0.15) is 0 Å². The molecule has 0 fully saturated rings. The van der Waals surface area contributed by atoms with Gasteiger partial charge in [-0.05, 0) is 24.1 Å². The number of halogens is 2. The fourth-order valence-corrected chi connectivity index (χ4v) is 1.95. The zero-order valence-electron chi connectivity index (χ0n) is 10.6. The van der Waals surface area contributed by atoms with Crippen molar-refractivity contribution in [2.75, 3.05) is 13.2 Å². The molecule has 4 nitrogen and oxygen atoms in total. The molecule has 2 atom stereocenters. The maximum absolute atomic E-state index is 13.8. The number of fused-ring (bicyclic) bond motifs is 1. The first-order valence-corrected chi connectivity index (χ1v) is 5.95. The van der Waals surface area contributed by atoms with Gasteiger partial charge in [-0.15, -0.1) is 12.4 Å². The van der Waals surface area contributed by atoms with Crippen LogP contribution in [0.15, 0.2) is 18.2 Å². The standard InChI is InChI=1S/C13H16FNO3.ClH/c1-2-17-13(16)11(14)12(15)9-3-4-10-8(7-9)5-6-18-10;/h3-4,7,11-12H,2,5-6,15H2,1H3;1H/t11?,12-;/m0./s1. The molecule has 2 N–H and O–H groups in total. The molecular formula is C13H17ClFNO3. The molecular weight excluding hydrogens is 273 g/mol. The van der Waals surface area contributed by atoms with Crippen LogP contribution in [-0.2, 0) is 16.0 Å². The molecule has 1 aliphatic rings. The summed E-state index contributed by atoms with van der Waals surface area (Å²) in [5.41, 5.74) is 7.33. The second-order valence-electron chi connectivity index (χ2n) is 4.15. The second kappa shape index (κ2) is 6.73. The molecule has 0 bridgehead atoms. The molecule has 0 radical (unpaired) electrons. The van der Waals surface area contributed by atoms with Crippen LogP contribution in [0.1, 0.15) is 24.1 Å². The number of carbonyl (C=O) groups excluding carboxylic acids is 1. The van der Waals surface area contributed by atoms with Gasteiger partial charge >= 0.3 is 5.97 Å². The summed E-state index contributed by atoms with van der Waals surface area (Å²) < 4.78 is 23.8. The van der Waals surface area contributed by atoms with Crippen molar-refractivity contribution in [2.24, 2.45) is 5.73 Å². The number of esters is 1. The van der Waals surface area contributed by atoms with Crippen LogP contribution >= 0.6 is 12.4 Å². The van der Waals surface area contributed by atoms with Gasteiger partial charge in [-0.3, -0.25) is 0 Å². The van der Waals surface area contributed by atoms with Crippen LogP contribution in [0.3, 0.4) is 0 Å². The summed E-state index contributed by atoms with van der Waals surface area (Å²) in [5, 5.41) is 0. The Labute approximate surface area is 117 Å². The van der Waals surface area contributed by atoms with Crippen molar-refractivity contribution in [2.45, 2.75) is 25.6 Å². The van der Waals surface area contributed by atoms with E-state index in [1.807, 2.05) is 0 Å². The molecule has 1 aromatic rings. The molecule has 0 spiro atoms. The molecule has 0 aromatic heterocycles. The number of hydrogen-bond acceptors (Lipinski definition) is 4. The Kier molecular flexibility index (Phi) is 5.57. The summed E-state index contributed by atoms with van der Waals surface area (Å²) in [4.78, 5) is 11.3. The molecule has 0 amide bonds. The Balaban J connectivity index is 0.00000180. The first kappa shape index (κ1) is 15.7. The van der Waals surface area contributed by atoms with E-state index in [9.17, 15) is 9.18 Å². The van der Waals surface area contributed by atoms with Gasteiger partial charge in [0.2, 0.25) is 6.17 Å². The molecule has 2 rings (SSSR count). The van der Waals surface area contributed by atoms with Crippen LogP contribution in [0.4, 0.5) is 4.39 Å². The van der Waals surface area contributed by atoms with Crippen molar-refractivity contribution in [3.05, 3.63) is 29.3 Å². The van der Waals surface area contributed by atoms with Gasteiger partial charge in [0.25, 0.3) is 0 Å². The lowest BCUT2D eigenvalue weighted by Gasteiger charge is -2.16. The van der Waals surface area contributed by atoms with Crippen LogP contribution in [0.25, 0.3) is 0 Å². The Morgan fingerprint density at radius 1 is 1.58 bits per heavy atom. The van der Waals surface area contributed by atoms with Crippen LogP contribution in [0, 0.1) is 0 Å². The van der Waals surface area contributed by atoms with Crippen molar-refractivity contribution in [1.29, 1.82) is 0 Å². The lowest BCUT2D eigenvalue weighted by molar-refractivity contribution is -0.149. The minimum absolute atomic E-state index is 0. The highest BCUT2D eigenvalue weighted by Gasteiger charge is 2.28. The molecule has 1 unspecified atom stereocenters. The monoisotopic (exact) mass is 289 g/mol. The number of rotatable bonds is 4. The fourth-order valence-electron chi connectivity index (χ4n) is 1.95. The summed E-state index contributed by atoms with van der Waals surface area (Å²) in [6, 6.07) is 4.23. The Hall–Kier alpha value is -1.33. The van der Waals surface area contributed by atoms with Gasteiger partial charge in [0.05, 0.1) is 19.3 Å². The summed E-state index contributed by atoms with van der Waals surface area (Å²) >= 11 is 0. The van der Waals surface area contributed by atoms with E-state index in [4.69, 9.17) is 10.5 Å². The zero-order valence-corrected chi connectivity index (χ0v) is 11.4. The summed E-state index contributed by atoms with van der Waals surface area (Å²) in [6.45, 7) is 2.40. The smallest absolute Gasteiger partial charge is 0.342 e. The minimum Gasteiger partial charge on any atom is -0.493 e. The van der Waals surface area contributed by atoms with Gasteiger partial charge in [0.1, 0.15) is 5.75 Å². The molecule has 1 aromatic carbocycles. The molecule has 1 heterocycles. The van der Waals surface area contributed by atoms with Crippen molar-refractivity contribution in [1.82, 2.24) is 0 Å². The lowest BCUT2D eigenvalue weighted by Crippen LogP contribution is -2.31. The van der Waals surface area contributed by atoms with E-state index < -0.39 is 18.2 Å². The van der Waals surface area contributed by atoms with Crippen LogP contribution < -0.4 is 10.5 Å². The summed E-state index contributed by atoms with van der Waals surface area (Å²) in [7, 11) is 0. The highest BCUT2D eigenvalue weighted by atomic mass is 35.5. The Morgan fingerprint density at radius 2 is 2.32 bits per heavy atom. The first-order valence-electron chi connectivity index (χ1n) is 5.95. The number of hydrogen-bond donors (Lipinski definition) is 1. The quantitative estimate of drug-likeness (QED) is 0.861. The van der Waals surface area contributed by atoms with E-state index in [1.165, 1.54) is 0 Å². The molecule has 106 valence electrons. The number of benzene rings is 1. The van der Waals surface area contributed by atoms with E-state index in [1.54, 1.807) is 25.1 Å². The van der Waals surface area contributed by atoms with Gasteiger partial charge in [-0.1, -0.05) is 12.1 Å². The Bertz CT molecular complexity index is 456. The second-order valence-corrected chi connectivity index (χ2v) is 4.15. The Morgan fingerprint density at radius 3 is 3.00 bits per heavy atom. The fraction of sp³-hybridized carbons (Fsp3) is 0.462. The van der Waals surface area contributed by atoms with E-state index in [-0.39, 0.29) is 19.0 Å². The third kappa shape index (κ3) is 3.36. The third-order valence-corrected chi connectivity index (χ3v) is 2.93. The predicted molar refractivity (Wildman–Crippen MR) is 71.3 cm³/mol. The number of carbonyl (C=O) groups is 1. The van der Waals surface area contributed by atoms with Crippen LogP contribution in [-0.4, -0.2) is 25.4 Å². The van der Waals surface area contributed by atoms with Crippen LogP contribution in [0.5, 0.6) is 5.75 Å². The van der Waals surface area contributed by atoms with Crippen LogP contribution in [0.2, 0.25) is 0 Å². The number of alkyl halides is 1. The summed E-state index contributed by atoms with van der Waals surface area (Å²) in [6.07, 6.45) is -1.06. The van der Waals surface area contributed by atoms with Crippen molar-refractivity contribution in [3.8, 4) is 5.75 Å². The summed E-state index contributed by atoms with van der Waals surface area (Å²) in [5.74, 6) is -0.112. The highest BCUT2D eigenvalue weighted by Crippen LogP contribution is 2.29. The van der Waals surface area contributed by atoms with Crippen molar-refractivity contribution < 1.29 is 18.7 Å². The molecule has 6 heteroatoms. The van der Waals surface area contributed by atoms with E-state index in [2.05, 4.69) is 4.74 Å². The van der Waals surface area contributed by atoms with E-state index >= 15 is 0 Å². The minimum atomic E-state index is -1.84. The van der Waals surface area contributed by atoms with Gasteiger partial charge in [0.15, 0.2) is 0 Å². The maximum Gasteiger partial charge on any atom is 0.342 e. The van der Waals surface area contributed by atoms with Crippen molar-refractivity contribution >= 4 is 18.4 Å². The normalized spacial score (nSPS) is 15.7. The van der Waals surface area contributed by atoms with E-state index in [0.29, 0.717) is 12.2 Å². The van der Waals surface area contributed by atoms with Gasteiger partial charge < -0.3 is 15.2 Å². The average molecular weight is 290 g/mol. The average Bonchev–Trinajstić information content (AvgIpc) is 2.84. The molecule has 0 saturated carbocycles. The zero-order chi connectivity index (χ0) is 13.1. The van der Waals surface area contributed by atoms with E-state index in [0.717, 1.165) is 17.7 Å². The third-order valence-electron chi connectivity index (χ3n) is 2.93. The highest BCUT2D eigenvalue weighted by molar-refractivity contribution is 5.85.